The van der Waals surface area contributed by atoms with E-state index in [-0.39, 0.29) is 16.8 Å². The van der Waals surface area contributed by atoms with Crippen LogP contribution in [0.2, 0.25) is 5.02 Å². The van der Waals surface area contributed by atoms with Crippen molar-refractivity contribution in [1.29, 1.82) is 0 Å². The molecule has 172 valence electrons. The monoisotopic (exact) mass is 494 g/mol. The fraction of sp³-hybridized carbons (Fsp3) is 0.200. The van der Waals surface area contributed by atoms with Gasteiger partial charge in [0.2, 0.25) is 5.76 Å². The zero-order valence-corrected chi connectivity index (χ0v) is 20.3. The Morgan fingerprint density at radius 1 is 1.15 bits per heavy atom. The first kappa shape index (κ1) is 22.3. The summed E-state index contributed by atoms with van der Waals surface area (Å²) < 4.78 is 10.8. The fourth-order valence-electron chi connectivity index (χ4n) is 4.08. The lowest BCUT2D eigenvalue weighted by Gasteiger charge is -2.22. The van der Waals surface area contributed by atoms with Gasteiger partial charge in [0.25, 0.3) is 5.91 Å². The van der Waals surface area contributed by atoms with Crippen LogP contribution in [0, 0.1) is 20.8 Å². The molecule has 1 atom stereocenters. The maximum atomic E-state index is 13.7. The van der Waals surface area contributed by atoms with Crippen LogP contribution in [-0.4, -0.2) is 24.0 Å². The minimum atomic E-state index is -0.778. The Hall–Kier alpha value is -3.49. The van der Waals surface area contributed by atoms with Crippen molar-refractivity contribution >= 4 is 50.9 Å². The minimum absolute atomic E-state index is 0.0215. The quantitative estimate of drug-likeness (QED) is 0.356. The summed E-state index contributed by atoms with van der Waals surface area (Å²) in [5.74, 6) is -0.947. The third kappa shape index (κ3) is 3.33. The second-order valence-corrected chi connectivity index (χ2v) is 9.69. The third-order valence-corrected chi connectivity index (χ3v) is 7.50. The second kappa shape index (κ2) is 8.07. The van der Waals surface area contributed by atoms with Crippen LogP contribution >= 0.6 is 22.9 Å². The molecule has 1 aliphatic rings. The Balaban J connectivity index is 1.78. The van der Waals surface area contributed by atoms with E-state index < -0.39 is 17.9 Å². The summed E-state index contributed by atoms with van der Waals surface area (Å²) in [6.45, 7) is 5.59. The van der Waals surface area contributed by atoms with Crippen LogP contribution in [0.4, 0.5) is 5.13 Å². The molecule has 2 aromatic heterocycles. The summed E-state index contributed by atoms with van der Waals surface area (Å²) >= 11 is 7.65. The molecule has 5 rings (SSSR count). The van der Waals surface area contributed by atoms with Crippen molar-refractivity contribution in [3.05, 3.63) is 90.2 Å². The molecular weight excluding hydrogens is 476 g/mol. The van der Waals surface area contributed by atoms with E-state index in [1.165, 1.54) is 23.3 Å². The summed E-state index contributed by atoms with van der Waals surface area (Å²) in [7, 11) is 1.31. The van der Waals surface area contributed by atoms with Gasteiger partial charge in [-0.2, -0.15) is 0 Å². The molecule has 0 saturated heterocycles. The summed E-state index contributed by atoms with van der Waals surface area (Å²) in [6, 6.07) is 9.05. The van der Waals surface area contributed by atoms with Crippen molar-refractivity contribution in [1.82, 2.24) is 4.98 Å². The van der Waals surface area contributed by atoms with Gasteiger partial charge in [-0.05, 0) is 56.2 Å². The van der Waals surface area contributed by atoms with Crippen LogP contribution in [0.15, 0.2) is 45.6 Å². The molecule has 0 fully saturated rings. The Morgan fingerprint density at radius 2 is 1.85 bits per heavy atom. The summed E-state index contributed by atoms with van der Waals surface area (Å²) in [5, 5.41) is 1.20. The number of fused-ring (bicyclic) bond motifs is 2. The number of aryl methyl sites for hydroxylation is 3. The predicted molar refractivity (Wildman–Crippen MR) is 130 cm³/mol. The molecule has 7 nitrogen and oxygen atoms in total. The van der Waals surface area contributed by atoms with Crippen LogP contribution in [-0.2, 0) is 4.74 Å². The number of esters is 1. The van der Waals surface area contributed by atoms with Crippen molar-refractivity contribution in [3.63, 3.8) is 0 Å². The number of thiazole rings is 1. The average molecular weight is 495 g/mol. The molecule has 1 unspecified atom stereocenters. The molecule has 0 aliphatic carbocycles. The van der Waals surface area contributed by atoms with Crippen LogP contribution in [0.5, 0.6) is 0 Å². The number of hydrogen-bond donors (Lipinski definition) is 0. The first-order valence-corrected chi connectivity index (χ1v) is 11.6. The number of methoxy groups -OCH3 is 1. The molecule has 0 spiro atoms. The molecule has 1 amide bonds. The SMILES string of the molecule is COC(=O)c1ccc(C2c3c(oc4cc(C)c(Cl)cc4c3=O)C(=O)N2c2nc(C)c(C)s2)cc1. The van der Waals surface area contributed by atoms with E-state index in [1.807, 2.05) is 13.8 Å². The predicted octanol–water partition coefficient (Wildman–Crippen LogP) is 5.36. The van der Waals surface area contributed by atoms with Gasteiger partial charge in [0, 0.05) is 9.90 Å². The molecule has 1 aliphatic heterocycles. The number of nitrogens with zero attached hydrogens (tertiary/aromatic N) is 2. The van der Waals surface area contributed by atoms with Crippen molar-refractivity contribution < 1.29 is 18.7 Å². The molecule has 0 N–H and O–H groups in total. The van der Waals surface area contributed by atoms with E-state index >= 15 is 0 Å². The summed E-state index contributed by atoms with van der Waals surface area (Å²) in [4.78, 5) is 46.3. The zero-order chi connectivity index (χ0) is 24.3. The molecule has 0 bridgehead atoms. The maximum Gasteiger partial charge on any atom is 0.337 e. The van der Waals surface area contributed by atoms with Gasteiger partial charge in [-0.25, -0.2) is 9.78 Å². The number of amides is 1. The van der Waals surface area contributed by atoms with E-state index in [0.717, 1.165) is 16.1 Å². The number of aromatic nitrogens is 1. The second-order valence-electron chi connectivity index (χ2n) is 8.10. The van der Waals surface area contributed by atoms with Gasteiger partial charge in [-0.1, -0.05) is 23.7 Å². The zero-order valence-electron chi connectivity index (χ0n) is 18.8. The number of anilines is 1. The van der Waals surface area contributed by atoms with E-state index in [1.54, 1.807) is 43.3 Å². The fourth-order valence-corrected chi connectivity index (χ4v) is 5.18. The maximum absolute atomic E-state index is 13.7. The lowest BCUT2D eigenvalue weighted by Crippen LogP contribution is -2.29. The van der Waals surface area contributed by atoms with E-state index in [2.05, 4.69) is 4.98 Å². The molecule has 0 saturated carbocycles. The highest BCUT2D eigenvalue weighted by atomic mass is 35.5. The summed E-state index contributed by atoms with van der Waals surface area (Å²) in [6.07, 6.45) is 0. The number of hydrogen-bond acceptors (Lipinski definition) is 7. The molecular formula is C25H19ClN2O5S. The van der Waals surface area contributed by atoms with Crippen molar-refractivity contribution in [2.75, 3.05) is 12.0 Å². The smallest absolute Gasteiger partial charge is 0.337 e. The lowest BCUT2D eigenvalue weighted by atomic mass is 9.97. The Kier molecular flexibility index (Phi) is 5.30. The van der Waals surface area contributed by atoms with Crippen molar-refractivity contribution in [2.24, 2.45) is 0 Å². The largest absolute Gasteiger partial charge is 0.465 e. The molecule has 3 heterocycles. The highest BCUT2D eigenvalue weighted by Gasteiger charge is 2.45. The third-order valence-electron chi connectivity index (χ3n) is 6.02. The Bertz CT molecular complexity index is 1540. The molecule has 9 heteroatoms. The van der Waals surface area contributed by atoms with Gasteiger partial charge in [0.1, 0.15) is 5.58 Å². The summed E-state index contributed by atoms with van der Waals surface area (Å²) in [5.41, 5.74) is 2.71. The average Bonchev–Trinajstić information content (AvgIpc) is 3.30. The van der Waals surface area contributed by atoms with Crippen LogP contribution in [0.25, 0.3) is 11.0 Å². The normalized spacial score (nSPS) is 15.1. The first-order valence-electron chi connectivity index (χ1n) is 10.4. The molecule has 0 radical (unpaired) electrons. The topological polar surface area (TPSA) is 89.7 Å². The van der Waals surface area contributed by atoms with Crippen molar-refractivity contribution in [3.8, 4) is 0 Å². The van der Waals surface area contributed by atoms with Gasteiger partial charge in [-0.3, -0.25) is 14.5 Å². The number of ether oxygens (including phenoxy) is 1. The first-order chi connectivity index (χ1) is 16.2. The standard InChI is InChI=1S/C25H19ClN2O5S/c1-11-9-18-16(10-17(11)26)21(29)19-20(14-5-7-15(8-6-14)24(31)32-4)28(23(30)22(19)33-18)25-27-12(2)13(3)34-25/h5-10,20H,1-4H3. The van der Waals surface area contributed by atoms with E-state index in [4.69, 9.17) is 20.8 Å². The lowest BCUT2D eigenvalue weighted by molar-refractivity contribution is 0.0600. The highest BCUT2D eigenvalue weighted by Crippen LogP contribution is 2.43. The Labute approximate surface area is 203 Å². The Morgan fingerprint density at radius 3 is 2.47 bits per heavy atom. The number of rotatable bonds is 3. The van der Waals surface area contributed by atoms with Gasteiger partial charge in [0.15, 0.2) is 10.6 Å². The number of carbonyl (C=O) groups is 2. The van der Waals surface area contributed by atoms with Crippen LogP contribution in [0.3, 0.4) is 0 Å². The number of carbonyl (C=O) groups excluding carboxylic acids is 2. The van der Waals surface area contributed by atoms with Gasteiger partial charge in [0.05, 0.1) is 35.4 Å². The van der Waals surface area contributed by atoms with Gasteiger partial charge >= 0.3 is 5.97 Å². The van der Waals surface area contributed by atoms with E-state index in [9.17, 15) is 14.4 Å². The molecule has 4 aromatic rings. The van der Waals surface area contributed by atoms with Crippen LogP contribution in [0.1, 0.15) is 54.2 Å². The van der Waals surface area contributed by atoms with Crippen LogP contribution < -0.4 is 10.3 Å². The van der Waals surface area contributed by atoms with Crippen molar-refractivity contribution in [2.45, 2.75) is 26.8 Å². The van der Waals surface area contributed by atoms with E-state index in [0.29, 0.717) is 32.3 Å². The number of halogens is 1. The number of benzene rings is 2. The van der Waals surface area contributed by atoms with Gasteiger partial charge < -0.3 is 9.15 Å². The molecule has 34 heavy (non-hydrogen) atoms. The molecule has 2 aromatic carbocycles. The minimum Gasteiger partial charge on any atom is -0.465 e. The highest BCUT2D eigenvalue weighted by molar-refractivity contribution is 7.15. The van der Waals surface area contributed by atoms with Gasteiger partial charge in [-0.15, -0.1) is 11.3 Å².